The van der Waals surface area contributed by atoms with E-state index >= 15 is 0 Å². The summed E-state index contributed by atoms with van der Waals surface area (Å²) in [6.45, 7) is 7.47. The Hall–Kier alpha value is -0.790. The molecule has 0 aromatic heterocycles. The lowest BCUT2D eigenvalue weighted by atomic mass is 9.69. The summed E-state index contributed by atoms with van der Waals surface area (Å²) in [6.07, 6.45) is 1.33. The van der Waals surface area contributed by atoms with Gasteiger partial charge in [0.2, 0.25) is 0 Å². The van der Waals surface area contributed by atoms with Gasteiger partial charge < -0.3 is 5.11 Å². The molecule has 0 radical (unpaired) electrons. The SMILES string of the molecule is CC1(C)C(=O)C=C(O)C1(C)C. The van der Waals surface area contributed by atoms with Crippen molar-refractivity contribution < 1.29 is 9.90 Å². The van der Waals surface area contributed by atoms with E-state index in [0.717, 1.165) is 0 Å². The number of hydrogen-bond acceptors (Lipinski definition) is 2. The molecule has 2 nitrogen and oxygen atoms in total. The van der Waals surface area contributed by atoms with Crippen LogP contribution in [0.3, 0.4) is 0 Å². The van der Waals surface area contributed by atoms with Gasteiger partial charge in [-0.3, -0.25) is 4.79 Å². The largest absolute Gasteiger partial charge is 0.512 e. The molecule has 11 heavy (non-hydrogen) atoms. The molecule has 0 saturated heterocycles. The zero-order valence-electron chi connectivity index (χ0n) is 7.43. The lowest BCUT2D eigenvalue weighted by molar-refractivity contribution is -0.124. The first-order valence-corrected chi connectivity index (χ1v) is 3.76. The molecule has 0 amide bonds. The Kier molecular flexibility index (Phi) is 1.41. The van der Waals surface area contributed by atoms with Crippen LogP contribution in [0.5, 0.6) is 0 Å². The number of hydrogen-bond donors (Lipinski definition) is 1. The molecule has 1 aliphatic rings. The van der Waals surface area contributed by atoms with E-state index in [1.807, 2.05) is 27.7 Å². The Labute approximate surface area is 66.9 Å². The molecule has 0 bridgehead atoms. The molecule has 2 heteroatoms. The van der Waals surface area contributed by atoms with Gasteiger partial charge in [-0.1, -0.05) is 27.7 Å². The molecule has 62 valence electrons. The molecule has 1 aliphatic carbocycles. The summed E-state index contributed by atoms with van der Waals surface area (Å²) in [4.78, 5) is 11.3. The summed E-state index contributed by atoms with van der Waals surface area (Å²) < 4.78 is 0. The molecule has 0 aliphatic heterocycles. The average molecular weight is 154 g/mol. The minimum atomic E-state index is -0.461. The van der Waals surface area contributed by atoms with Crippen molar-refractivity contribution in [2.24, 2.45) is 10.8 Å². The van der Waals surface area contributed by atoms with Gasteiger partial charge in [-0.05, 0) is 0 Å². The van der Waals surface area contributed by atoms with Crippen molar-refractivity contribution in [1.82, 2.24) is 0 Å². The van der Waals surface area contributed by atoms with Gasteiger partial charge in [0.25, 0.3) is 0 Å². The van der Waals surface area contributed by atoms with Gasteiger partial charge in [-0.15, -0.1) is 0 Å². The van der Waals surface area contributed by atoms with Crippen LogP contribution in [-0.4, -0.2) is 10.9 Å². The number of aliphatic hydroxyl groups excluding tert-OH is 1. The van der Waals surface area contributed by atoms with Gasteiger partial charge in [-0.2, -0.15) is 0 Å². The van der Waals surface area contributed by atoms with Crippen molar-refractivity contribution >= 4 is 5.78 Å². The Balaban J connectivity index is 3.17. The van der Waals surface area contributed by atoms with Gasteiger partial charge in [-0.25, -0.2) is 0 Å². The van der Waals surface area contributed by atoms with Crippen molar-refractivity contribution in [3.63, 3.8) is 0 Å². The fourth-order valence-corrected chi connectivity index (χ4v) is 1.11. The quantitative estimate of drug-likeness (QED) is 0.580. The van der Waals surface area contributed by atoms with Crippen molar-refractivity contribution in [1.29, 1.82) is 0 Å². The van der Waals surface area contributed by atoms with E-state index in [4.69, 9.17) is 0 Å². The summed E-state index contributed by atoms with van der Waals surface area (Å²) in [5.74, 6) is 0.215. The highest BCUT2D eigenvalue weighted by Gasteiger charge is 2.49. The number of aliphatic hydroxyl groups is 1. The third-order valence-electron chi connectivity index (χ3n) is 3.09. The first-order valence-electron chi connectivity index (χ1n) is 3.76. The Bertz CT molecular complexity index is 234. The van der Waals surface area contributed by atoms with Crippen LogP contribution in [0.4, 0.5) is 0 Å². The molecular weight excluding hydrogens is 140 g/mol. The van der Waals surface area contributed by atoms with Crippen molar-refractivity contribution in [3.8, 4) is 0 Å². The zero-order valence-corrected chi connectivity index (χ0v) is 7.43. The van der Waals surface area contributed by atoms with E-state index in [9.17, 15) is 9.90 Å². The summed E-state index contributed by atoms with van der Waals surface area (Å²) in [5, 5.41) is 9.40. The maximum Gasteiger partial charge on any atom is 0.165 e. The van der Waals surface area contributed by atoms with Crippen molar-refractivity contribution in [3.05, 3.63) is 11.8 Å². The fourth-order valence-electron chi connectivity index (χ4n) is 1.11. The van der Waals surface area contributed by atoms with Crippen LogP contribution < -0.4 is 0 Å². The minimum absolute atomic E-state index is 0.0139. The standard InChI is InChI=1S/C9H14O2/c1-8(2)6(10)5-7(11)9(8,3)4/h5,10H,1-4H3. The second-order valence-corrected chi connectivity index (χ2v) is 4.14. The van der Waals surface area contributed by atoms with E-state index in [1.54, 1.807) is 0 Å². The third-order valence-corrected chi connectivity index (χ3v) is 3.09. The number of ketones is 1. The molecular formula is C9H14O2. The Morgan fingerprint density at radius 1 is 1.18 bits per heavy atom. The molecule has 0 unspecified atom stereocenters. The predicted octanol–water partition coefficient (Wildman–Crippen LogP) is 2.06. The Morgan fingerprint density at radius 3 is 1.73 bits per heavy atom. The first kappa shape index (κ1) is 8.31. The molecule has 0 atom stereocenters. The monoisotopic (exact) mass is 154 g/mol. The molecule has 1 rings (SSSR count). The van der Waals surface area contributed by atoms with Crippen LogP contribution in [0, 0.1) is 10.8 Å². The van der Waals surface area contributed by atoms with Gasteiger partial charge in [0, 0.05) is 16.9 Å². The highest BCUT2D eigenvalue weighted by molar-refractivity contribution is 5.98. The summed E-state index contributed by atoms with van der Waals surface area (Å²) in [7, 11) is 0. The van der Waals surface area contributed by atoms with E-state index in [2.05, 4.69) is 0 Å². The average Bonchev–Trinajstić information content (AvgIpc) is 1.95. The first-order chi connectivity index (χ1) is 4.80. The zero-order chi connectivity index (χ0) is 8.86. The van der Waals surface area contributed by atoms with Gasteiger partial charge in [0.15, 0.2) is 5.78 Å². The molecule has 0 saturated carbocycles. The number of allylic oxidation sites excluding steroid dienone is 2. The van der Waals surface area contributed by atoms with Crippen LogP contribution >= 0.6 is 0 Å². The van der Waals surface area contributed by atoms with Crippen molar-refractivity contribution in [2.75, 3.05) is 0 Å². The normalized spacial score (nSPS) is 26.9. The number of carbonyl (C=O) groups is 1. The molecule has 0 spiro atoms. The molecule has 0 aromatic carbocycles. The summed E-state index contributed by atoms with van der Waals surface area (Å²) in [5.41, 5.74) is -0.874. The van der Waals surface area contributed by atoms with E-state index in [0.29, 0.717) is 0 Å². The molecule has 0 fully saturated rings. The third kappa shape index (κ3) is 0.817. The van der Waals surface area contributed by atoms with Crippen LogP contribution in [0.2, 0.25) is 0 Å². The van der Waals surface area contributed by atoms with Gasteiger partial charge in [0.05, 0.1) is 0 Å². The second-order valence-electron chi connectivity index (χ2n) is 4.14. The Morgan fingerprint density at radius 2 is 1.64 bits per heavy atom. The van der Waals surface area contributed by atoms with E-state index in [-0.39, 0.29) is 11.5 Å². The molecule has 0 heterocycles. The van der Waals surface area contributed by atoms with Gasteiger partial charge >= 0.3 is 0 Å². The van der Waals surface area contributed by atoms with Crippen molar-refractivity contribution in [2.45, 2.75) is 27.7 Å². The lowest BCUT2D eigenvalue weighted by Crippen LogP contribution is -2.34. The molecule has 1 N–H and O–H groups in total. The van der Waals surface area contributed by atoms with Crippen LogP contribution in [0.25, 0.3) is 0 Å². The number of carbonyl (C=O) groups excluding carboxylic acids is 1. The van der Waals surface area contributed by atoms with Crippen LogP contribution in [-0.2, 0) is 4.79 Å². The van der Waals surface area contributed by atoms with Gasteiger partial charge in [0.1, 0.15) is 5.76 Å². The maximum atomic E-state index is 11.3. The lowest BCUT2D eigenvalue weighted by Gasteiger charge is -2.33. The smallest absolute Gasteiger partial charge is 0.165 e. The summed E-state index contributed by atoms with van der Waals surface area (Å²) >= 11 is 0. The van der Waals surface area contributed by atoms with E-state index < -0.39 is 10.8 Å². The minimum Gasteiger partial charge on any atom is -0.512 e. The predicted molar refractivity (Wildman–Crippen MR) is 43.3 cm³/mol. The molecule has 0 aromatic rings. The fraction of sp³-hybridized carbons (Fsp3) is 0.667. The van der Waals surface area contributed by atoms with Crippen LogP contribution in [0.15, 0.2) is 11.8 Å². The summed E-state index contributed by atoms with van der Waals surface area (Å²) in [6, 6.07) is 0. The maximum absolute atomic E-state index is 11.3. The second kappa shape index (κ2) is 1.87. The number of rotatable bonds is 0. The highest BCUT2D eigenvalue weighted by atomic mass is 16.3. The topological polar surface area (TPSA) is 37.3 Å². The highest BCUT2D eigenvalue weighted by Crippen LogP contribution is 2.48. The van der Waals surface area contributed by atoms with Crippen LogP contribution in [0.1, 0.15) is 27.7 Å². The van der Waals surface area contributed by atoms with E-state index in [1.165, 1.54) is 6.08 Å².